The minimum absolute atomic E-state index is 0.0310. The summed E-state index contributed by atoms with van der Waals surface area (Å²) in [5.41, 5.74) is 5.84. The highest BCUT2D eigenvalue weighted by molar-refractivity contribution is 5.81. The molecule has 0 aromatic heterocycles. The van der Waals surface area contributed by atoms with Gasteiger partial charge in [-0.05, 0) is 19.3 Å². The Morgan fingerprint density at radius 2 is 2.05 bits per heavy atom. The van der Waals surface area contributed by atoms with E-state index in [1.165, 1.54) is 7.11 Å². The lowest BCUT2D eigenvalue weighted by molar-refractivity contribution is -0.134. The van der Waals surface area contributed by atoms with Crippen LogP contribution in [0.2, 0.25) is 0 Å². The second-order valence-corrected chi connectivity index (χ2v) is 5.00. The van der Waals surface area contributed by atoms with E-state index in [2.05, 4.69) is 5.32 Å². The van der Waals surface area contributed by atoms with Crippen LogP contribution in [0.1, 0.15) is 32.6 Å². The summed E-state index contributed by atoms with van der Waals surface area (Å²) in [6.07, 6.45) is 3.19. The van der Waals surface area contributed by atoms with Crippen molar-refractivity contribution in [2.75, 3.05) is 26.8 Å². The van der Waals surface area contributed by atoms with Crippen LogP contribution in [-0.2, 0) is 14.3 Å². The third kappa shape index (κ3) is 5.16. The van der Waals surface area contributed by atoms with Crippen LogP contribution in [0.4, 0.5) is 0 Å². The third-order valence-corrected chi connectivity index (χ3v) is 3.36. The van der Waals surface area contributed by atoms with Crippen LogP contribution in [0, 0.1) is 0 Å². The van der Waals surface area contributed by atoms with Crippen molar-refractivity contribution >= 4 is 11.8 Å². The smallest absolute Gasteiger partial charge is 0.246 e. The van der Waals surface area contributed by atoms with Gasteiger partial charge in [0.15, 0.2) is 0 Å². The lowest BCUT2D eigenvalue weighted by atomic mass is 10.0. The Kier molecular flexibility index (Phi) is 6.80. The lowest BCUT2D eigenvalue weighted by Crippen LogP contribution is -2.51. The number of ether oxygens (including phenoxy) is 1. The maximum atomic E-state index is 12.0. The molecule has 1 aliphatic rings. The maximum Gasteiger partial charge on any atom is 0.246 e. The Morgan fingerprint density at radius 3 is 2.58 bits per heavy atom. The lowest BCUT2D eigenvalue weighted by Gasteiger charge is -2.33. The number of likely N-dealkylation sites (tertiary alicyclic amines) is 1. The van der Waals surface area contributed by atoms with Crippen molar-refractivity contribution < 1.29 is 14.3 Å². The molecule has 1 rings (SSSR count). The molecule has 0 aliphatic carbocycles. The van der Waals surface area contributed by atoms with Gasteiger partial charge in [0.25, 0.3) is 0 Å². The Bertz CT molecular complexity index is 302. The standard InChI is InChI=1S/C13H25N3O3/c1-3-4-11(14)13(18)16-7-5-10(6-8-16)15-12(17)9-19-2/h10-11H,3-9,14H2,1-2H3,(H,15,17)/t11-/m1/s1. The number of nitrogens with one attached hydrogen (secondary N) is 1. The number of carbonyl (C=O) groups is 2. The Morgan fingerprint density at radius 1 is 1.42 bits per heavy atom. The van der Waals surface area contributed by atoms with Gasteiger partial charge in [0.2, 0.25) is 11.8 Å². The number of nitrogens with two attached hydrogens (primary N) is 1. The van der Waals surface area contributed by atoms with Crippen molar-refractivity contribution in [3.8, 4) is 0 Å². The van der Waals surface area contributed by atoms with Crippen molar-refractivity contribution in [3.05, 3.63) is 0 Å². The van der Waals surface area contributed by atoms with Gasteiger partial charge in [-0.1, -0.05) is 13.3 Å². The van der Waals surface area contributed by atoms with Crippen LogP contribution in [0.15, 0.2) is 0 Å². The molecule has 1 atom stereocenters. The van der Waals surface area contributed by atoms with Gasteiger partial charge in [-0.2, -0.15) is 0 Å². The van der Waals surface area contributed by atoms with Gasteiger partial charge in [0.05, 0.1) is 6.04 Å². The highest BCUT2D eigenvalue weighted by atomic mass is 16.5. The van der Waals surface area contributed by atoms with E-state index in [0.29, 0.717) is 13.1 Å². The molecule has 1 saturated heterocycles. The van der Waals surface area contributed by atoms with Crippen molar-refractivity contribution in [1.82, 2.24) is 10.2 Å². The molecule has 1 fully saturated rings. The van der Waals surface area contributed by atoms with E-state index in [1.807, 2.05) is 6.92 Å². The van der Waals surface area contributed by atoms with Crippen molar-refractivity contribution in [1.29, 1.82) is 0 Å². The second kappa shape index (κ2) is 8.12. The molecule has 0 aromatic rings. The molecule has 6 nitrogen and oxygen atoms in total. The highest BCUT2D eigenvalue weighted by Gasteiger charge is 2.26. The van der Waals surface area contributed by atoms with Crippen LogP contribution >= 0.6 is 0 Å². The number of hydrogen-bond acceptors (Lipinski definition) is 4. The molecule has 6 heteroatoms. The summed E-state index contributed by atoms with van der Waals surface area (Å²) < 4.78 is 4.77. The van der Waals surface area contributed by atoms with Gasteiger partial charge < -0.3 is 20.7 Å². The topological polar surface area (TPSA) is 84.7 Å². The monoisotopic (exact) mass is 271 g/mol. The first-order chi connectivity index (χ1) is 9.08. The first-order valence-electron chi connectivity index (χ1n) is 6.91. The fourth-order valence-electron chi connectivity index (χ4n) is 2.31. The zero-order valence-electron chi connectivity index (χ0n) is 11.9. The minimum atomic E-state index is -0.385. The van der Waals surface area contributed by atoms with E-state index in [9.17, 15) is 9.59 Å². The molecule has 0 aromatic carbocycles. The Hall–Kier alpha value is -1.14. The van der Waals surface area contributed by atoms with Gasteiger partial charge in [0, 0.05) is 26.2 Å². The fraction of sp³-hybridized carbons (Fsp3) is 0.846. The number of carbonyl (C=O) groups excluding carboxylic acids is 2. The summed E-state index contributed by atoms with van der Waals surface area (Å²) in [5, 5.41) is 2.90. The molecule has 0 unspecified atom stereocenters. The van der Waals surface area contributed by atoms with Gasteiger partial charge in [0.1, 0.15) is 6.61 Å². The summed E-state index contributed by atoms with van der Waals surface area (Å²) >= 11 is 0. The molecular formula is C13H25N3O3. The predicted molar refractivity (Wildman–Crippen MR) is 72.5 cm³/mol. The quantitative estimate of drug-likeness (QED) is 0.704. The van der Waals surface area contributed by atoms with Crippen LogP contribution in [0.25, 0.3) is 0 Å². The van der Waals surface area contributed by atoms with Gasteiger partial charge >= 0.3 is 0 Å². The summed E-state index contributed by atoms with van der Waals surface area (Å²) in [7, 11) is 1.50. The average Bonchev–Trinajstić information content (AvgIpc) is 2.39. The first-order valence-corrected chi connectivity index (χ1v) is 6.91. The average molecular weight is 271 g/mol. The Labute approximate surface area is 114 Å². The van der Waals surface area contributed by atoms with Crippen molar-refractivity contribution in [2.45, 2.75) is 44.7 Å². The molecule has 2 amide bonds. The minimum Gasteiger partial charge on any atom is -0.375 e. The van der Waals surface area contributed by atoms with Crippen molar-refractivity contribution in [2.24, 2.45) is 5.73 Å². The van der Waals surface area contributed by atoms with Gasteiger partial charge in [-0.25, -0.2) is 0 Å². The van der Waals surface area contributed by atoms with E-state index < -0.39 is 0 Å². The van der Waals surface area contributed by atoms with E-state index in [1.54, 1.807) is 4.90 Å². The van der Waals surface area contributed by atoms with Crippen LogP contribution < -0.4 is 11.1 Å². The summed E-state index contributed by atoms with van der Waals surface area (Å²) in [6, 6.07) is -0.251. The molecular weight excluding hydrogens is 246 g/mol. The van der Waals surface area contributed by atoms with Gasteiger partial charge in [-0.3, -0.25) is 9.59 Å². The molecule has 1 aliphatic heterocycles. The molecule has 110 valence electrons. The van der Waals surface area contributed by atoms with Crippen LogP contribution in [0.5, 0.6) is 0 Å². The maximum absolute atomic E-state index is 12.0. The van der Waals surface area contributed by atoms with Crippen molar-refractivity contribution in [3.63, 3.8) is 0 Å². The zero-order valence-corrected chi connectivity index (χ0v) is 11.9. The predicted octanol–water partition coefficient (Wildman–Crippen LogP) is -0.133. The van der Waals surface area contributed by atoms with E-state index in [-0.39, 0.29) is 30.5 Å². The molecule has 0 saturated carbocycles. The fourth-order valence-corrected chi connectivity index (χ4v) is 2.31. The summed E-state index contributed by atoms with van der Waals surface area (Å²) in [6.45, 7) is 3.42. The number of rotatable bonds is 6. The van der Waals surface area contributed by atoms with Crippen LogP contribution in [-0.4, -0.2) is 55.6 Å². The number of hydrogen-bond donors (Lipinski definition) is 2. The van der Waals surface area contributed by atoms with Crippen LogP contribution in [0.3, 0.4) is 0 Å². The Balaban J connectivity index is 2.32. The zero-order chi connectivity index (χ0) is 14.3. The number of amides is 2. The molecule has 1 heterocycles. The SMILES string of the molecule is CCC[C@@H](N)C(=O)N1CCC(NC(=O)COC)CC1. The molecule has 3 N–H and O–H groups in total. The van der Waals surface area contributed by atoms with Gasteiger partial charge in [-0.15, -0.1) is 0 Å². The number of piperidine rings is 1. The third-order valence-electron chi connectivity index (χ3n) is 3.36. The largest absolute Gasteiger partial charge is 0.375 e. The van der Waals surface area contributed by atoms with E-state index in [4.69, 9.17) is 10.5 Å². The molecule has 0 bridgehead atoms. The normalized spacial score (nSPS) is 18.2. The molecule has 0 radical (unpaired) electrons. The van der Waals surface area contributed by atoms with E-state index in [0.717, 1.165) is 25.7 Å². The summed E-state index contributed by atoms with van der Waals surface area (Å²) in [5.74, 6) is -0.0709. The summed E-state index contributed by atoms with van der Waals surface area (Å²) in [4.78, 5) is 25.2. The highest BCUT2D eigenvalue weighted by Crippen LogP contribution is 2.12. The molecule has 19 heavy (non-hydrogen) atoms. The molecule has 0 spiro atoms. The number of nitrogens with zero attached hydrogens (tertiary/aromatic N) is 1. The number of methoxy groups -OCH3 is 1. The van der Waals surface area contributed by atoms with E-state index >= 15 is 0 Å². The first kappa shape index (κ1) is 15.9. The second-order valence-electron chi connectivity index (χ2n) is 5.00.